The van der Waals surface area contributed by atoms with Gasteiger partial charge in [-0.25, -0.2) is 0 Å². The summed E-state index contributed by atoms with van der Waals surface area (Å²) >= 11 is 0. The Kier molecular flexibility index (Phi) is 6.70. The van der Waals surface area contributed by atoms with Crippen molar-refractivity contribution in [2.75, 3.05) is 20.2 Å². The van der Waals surface area contributed by atoms with E-state index in [0.29, 0.717) is 12.0 Å². The molecular weight excluding hydrogens is 238 g/mol. The van der Waals surface area contributed by atoms with Crippen LogP contribution in [-0.4, -0.2) is 36.1 Å². The summed E-state index contributed by atoms with van der Waals surface area (Å²) in [6.07, 6.45) is 2.57. The molecule has 0 spiro atoms. The molecule has 102 valence electrons. The second-order valence-corrected chi connectivity index (χ2v) is 4.43. The van der Waals surface area contributed by atoms with Crippen LogP contribution < -0.4 is 0 Å². The largest absolute Gasteiger partial charge is 0.395 e. The molecule has 19 heavy (non-hydrogen) atoms. The van der Waals surface area contributed by atoms with Crippen molar-refractivity contribution in [3.05, 3.63) is 35.4 Å². The lowest BCUT2D eigenvalue weighted by atomic mass is 10.1. The van der Waals surface area contributed by atoms with Gasteiger partial charge in [0.25, 0.3) is 5.91 Å². The zero-order chi connectivity index (χ0) is 14.1. The normalized spacial score (nSPS) is 9.63. The molecule has 1 N–H and O–H groups in total. The Labute approximate surface area is 115 Å². The minimum Gasteiger partial charge on any atom is -0.395 e. The molecule has 0 saturated heterocycles. The molecule has 3 nitrogen and oxygen atoms in total. The highest BCUT2D eigenvalue weighted by atomic mass is 16.2. The third-order valence-corrected chi connectivity index (χ3v) is 2.80. The van der Waals surface area contributed by atoms with Crippen LogP contribution in [0.15, 0.2) is 24.3 Å². The van der Waals surface area contributed by atoms with Crippen molar-refractivity contribution in [2.45, 2.75) is 26.2 Å². The number of carbonyl (C=O) groups is 1. The van der Waals surface area contributed by atoms with E-state index in [1.807, 2.05) is 19.2 Å². The smallest absolute Gasteiger partial charge is 0.253 e. The predicted molar refractivity (Wildman–Crippen MR) is 76.9 cm³/mol. The van der Waals surface area contributed by atoms with Gasteiger partial charge in [-0.3, -0.25) is 4.79 Å². The molecular formula is C16H21NO2. The van der Waals surface area contributed by atoms with Crippen molar-refractivity contribution in [2.24, 2.45) is 0 Å². The highest BCUT2D eigenvalue weighted by molar-refractivity contribution is 5.94. The SMILES string of the molecule is CCCCN(C)C(=O)c1ccc(C#CCCO)cc1. The van der Waals surface area contributed by atoms with Gasteiger partial charge in [0.1, 0.15) is 0 Å². The molecule has 1 amide bonds. The fourth-order valence-electron chi connectivity index (χ4n) is 1.63. The molecule has 0 unspecified atom stereocenters. The van der Waals surface area contributed by atoms with E-state index < -0.39 is 0 Å². The Morgan fingerprint density at radius 3 is 2.58 bits per heavy atom. The third kappa shape index (κ3) is 5.15. The van der Waals surface area contributed by atoms with Crippen LogP contribution in [0.1, 0.15) is 42.1 Å². The highest BCUT2D eigenvalue weighted by Crippen LogP contribution is 2.07. The van der Waals surface area contributed by atoms with E-state index in [-0.39, 0.29) is 12.5 Å². The minimum atomic E-state index is 0.0447. The number of aliphatic hydroxyl groups excluding tert-OH is 1. The van der Waals surface area contributed by atoms with Crippen LogP contribution in [0.3, 0.4) is 0 Å². The molecule has 0 aliphatic rings. The molecule has 0 aliphatic carbocycles. The summed E-state index contributed by atoms with van der Waals surface area (Å²) in [5, 5.41) is 8.64. The van der Waals surface area contributed by atoms with Crippen molar-refractivity contribution in [3.8, 4) is 11.8 Å². The minimum absolute atomic E-state index is 0.0447. The predicted octanol–water partition coefficient (Wildman–Crippen LogP) is 2.29. The Morgan fingerprint density at radius 1 is 1.32 bits per heavy atom. The van der Waals surface area contributed by atoms with E-state index >= 15 is 0 Å². The van der Waals surface area contributed by atoms with Crippen LogP contribution in [0, 0.1) is 11.8 Å². The lowest BCUT2D eigenvalue weighted by molar-refractivity contribution is 0.0793. The van der Waals surface area contributed by atoms with Crippen LogP contribution in [0.5, 0.6) is 0 Å². The highest BCUT2D eigenvalue weighted by Gasteiger charge is 2.10. The first-order valence-electron chi connectivity index (χ1n) is 6.64. The number of benzene rings is 1. The number of aliphatic hydroxyl groups is 1. The molecule has 0 aliphatic heterocycles. The second kappa shape index (κ2) is 8.34. The van der Waals surface area contributed by atoms with Crippen LogP contribution in [0.4, 0.5) is 0 Å². The summed E-state index contributed by atoms with van der Waals surface area (Å²) in [5.41, 5.74) is 1.55. The Hall–Kier alpha value is -1.79. The Bertz CT molecular complexity index is 454. The van der Waals surface area contributed by atoms with Crippen LogP contribution >= 0.6 is 0 Å². The van der Waals surface area contributed by atoms with Gasteiger partial charge in [-0.1, -0.05) is 25.2 Å². The van der Waals surface area contributed by atoms with Crippen LogP contribution in [0.25, 0.3) is 0 Å². The maximum absolute atomic E-state index is 12.1. The summed E-state index contributed by atoms with van der Waals surface area (Å²) in [4.78, 5) is 13.8. The Balaban J connectivity index is 2.65. The summed E-state index contributed by atoms with van der Waals surface area (Å²) < 4.78 is 0. The van der Waals surface area contributed by atoms with E-state index in [0.717, 1.165) is 24.9 Å². The fourth-order valence-corrected chi connectivity index (χ4v) is 1.63. The van der Waals surface area contributed by atoms with E-state index in [2.05, 4.69) is 18.8 Å². The molecule has 0 heterocycles. The van der Waals surface area contributed by atoms with Crippen LogP contribution in [0.2, 0.25) is 0 Å². The zero-order valence-electron chi connectivity index (χ0n) is 11.6. The molecule has 1 aromatic carbocycles. The summed E-state index contributed by atoms with van der Waals surface area (Å²) in [7, 11) is 1.83. The van der Waals surface area contributed by atoms with Crippen molar-refractivity contribution in [1.82, 2.24) is 4.90 Å². The van der Waals surface area contributed by atoms with Gasteiger partial charge in [0, 0.05) is 31.1 Å². The molecule has 0 bridgehead atoms. The number of hydrogen-bond donors (Lipinski definition) is 1. The first-order valence-corrected chi connectivity index (χ1v) is 6.64. The van der Waals surface area contributed by atoms with Gasteiger partial charge in [0.2, 0.25) is 0 Å². The molecule has 0 radical (unpaired) electrons. The van der Waals surface area contributed by atoms with Gasteiger partial charge in [-0.15, -0.1) is 0 Å². The van der Waals surface area contributed by atoms with Gasteiger partial charge in [0.15, 0.2) is 0 Å². The maximum Gasteiger partial charge on any atom is 0.253 e. The summed E-state index contributed by atoms with van der Waals surface area (Å²) in [5.74, 6) is 5.84. The molecule has 0 atom stereocenters. The molecule has 0 saturated carbocycles. The fraction of sp³-hybridized carbons (Fsp3) is 0.438. The standard InChI is InChI=1S/C16H21NO2/c1-3-4-12-17(2)16(19)15-10-8-14(9-11-15)7-5-6-13-18/h8-11,18H,3-4,6,12-13H2,1-2H3. The van der Waals surface area contributed by atoms with Gasteiger partial charge in [-0.05, 0) is 30.7 Å². The third-order valence-electron chi connectivity index (χ3n) is 2.80. The molecule has 0 aromatic heterocycles. The summed E-state index contributed by atoms with van der Waals surface area (Å²) in [6.45, 7) is 2.97. The zero-order valence-corrected chi connectivity index (χ0v) is 11.6. The van der Waals surface area contributed by atoms with Gasteiger partial charge in [0.05, 0.1) is 6.61 Å². The Morgan fingerprint density at radius 2 is 2.00 bits per heavy atom. The van der Waals surface area contributed by atoms with E-state index in [1.54, 1.807) is 17.0 Å². The molecule has 3 heteroatoms. The average molecular weight is 259 g/mol. The lowest BCUT2D eigenvalue weighted by Gasteiger charge is -2.16. The summed E-state index contributed by atoms with van der Waals surface area (Å²) in [6, 6.07) is 7.28. The lowest BCUT2D eigenvalue weighted by Crippen LogP contribution is -2.27. The number of rotatable bonds is 5. The van der Waals surface area contributed by atoms with E-state index in [1.165, 1.54) is 0 Å². The molecule has 1 rings (SSSR count). The molecule has 0 fully saturated rings. The van der Waals surface area contributed by atoms with Gasteiger partial charge >= 0.3 is 0 Å². The number of amides is 1. The monoisotopic (exact) mass is 259 g/mol. The maximum atomic E-state index is 12.1. The first-order chi connectivity index (χ1) is 9.19. The first kappa shape index (κ1) is 15.3. The van der Waals surface area contributed by atoms with Gasteiger partial charge in [-0.2, -0.15) is 0 Å². The average Bonchev–Trinajstić information content (AvgIpc) is 2.45. The van der Waals surface area contributed by atoms with Crippen molar-refractivity contribution < 1.29 is 9.90 Å². The quantitative estimate of drug-likeness (QED) is 0.824. The van der Waals surface area contributed by atoms with E-state index in [9.17, 15) is 4.79 Å². The number of carbonyl (C=O) groups excluding carboxylic acids is 1. The van der Waals surface area contributed by atoms with E-state index in [4.69, 9.17) is 5.11 Å². The topological polar surface area (TPSA) is 40.5 Å². The van der Waals surface area contributed by atoms with Crippen molar-refractivity contribution >= 4 is 5.91 Å². The van der Waals surface area contributed by atoms with Crippen LogP contribution in [-0.2, 0) is 0 Å². The van der Waals surface area contributed by atoms with Crippen molar-refractivity contribution in [3.63, 3.8) is 0 Å². The van der Waals surface area contributed by atoms with Crippen molar-refractivity contribution in [1.29, 1.82) is 0 Å². The second-order valence-electron chi connectivity index (χ2n) is 4.43. The van der Waals surface area contributed by atoms with Gasteiger partial charge < -0.3 is 10.0 Å². The number of nitrogens with zero attached hydrogens (tertiary/aromatic N) is 1. The molecule has 1 aromatic rings. The number of hydrogen-bond acceptors (Lipinski definition) is 2. The number of unbranched alkanes of at least 4 members (excludes halogenated alkanes) is 1.